The zero-order valence-electron chi connectivity index (χ0n) is 16.9. The molecule has 0 aliphatic carbocycles. The van der Waals surface area contributed by atoms with Crippen molar-refractivity contribution >= 4 is 54.2 Å². The molecule has 1 aliphatic heterocycles. The maximum Gasteiger partial charge on any atom is 0.243 e. The number of ether oxygens (including phenoxy) is 1. The first-order valence-corrected chi connectivity index (χ1v) is 12.6. The molecule has 1 fully saturated rings. The van der Waals surface area contributed by atoms with Crippen LogP contribution in [0.25, 0.3) is 10.2 Å². The molecule has 1 N–H and O–H groups in total. The number of sulfonamides is 1. The van der Waals surface area contributed by atoms with Crippen LogP contribution in [0.2, 0.25) is 5.02 Å². The molecule has 0 bridgehead atoms. The van der Waals surface area contributed by atoms with Gasteiger partial charge >= 0.3 is 0 Å². The predicted octanol–water partition coefficient (Wildman–Crippen LogP) is 4.39. The van der Waals surface area contributed by atoms with E-state index in [2.05, 4.69) is 10.3 Å². The fraction of sp³-hybridized carbons (Fsp3) is 0.333. The molecule has 1 aromatic heterocycles. The van der Waals surface area contributed by atoms with Crippen molar-refractivity contribution in [1.29, 1.82) is 0 Å². The molecule has 164 valence electrons. The van der Waals surface area contributed by atoms with Gasteiger partial charge in [0.25, 0.3) is 0 Å². The third-order valence-electron chi connectivity index (χ3n) is 5.19. The summed E-state index contributed by atoms with van der Waals surface area (Å²) in [4.78, 5) is 17.5. The highest BCUT2D eigenvalue weighted by Crippen LogP contribution is 2.33. The van der Waals surface area contributed by atoms with Crippen LogP contribution in [0.15, 0.2) is 47.4 Å². The van der Waals surface area contributed by atoms with Gasteiger partial charge in [0.05, 0.1) is 16.2 Å². The third-order valence-corrected chi connectivity index (χ3v) is 8.29. The number of amides is 1. The molecule has 3 aromatic rings. The van der Waals surface area contributed by atoms with E-state index in [1.165, 1.54) is 27.8 Å². The predicted molar refractivity (Wildman–Crippen MR) is 122 cm³/mol. The summed E-state index contributed by atoms with van der Waals surface area (Å²) in [6.07, 6.45) is 0.904. The van der Waals surface area contributed by atoms with Crippen LogP contribution in [-0.4, -0.2) is 43.3 Å². The van der Waals surface area contributed by atoms with Gasteiger partial charge in [-0.05, 0) is 56.2 Å². The Morgan fingerprint density at radius 1 is 1.23 bits per heavy atom. The van der Waals surface area contributed by atoms with Crippen molar-refractivity contribution in [2.75, 3.05) is 25.0 Å². The van der Waals surface area contributed by atoms with Crippen LogP contribution in [0, 0.1) is 5.92 Å². The first-order valence-electron chi connectivity index (χ1n) is 9.97. The summed E-state index contributed by atoms with van der Waals surface area (Å²) in [6, 6.07) is 11.8. The van der Waals surface area contributed by atoms with Gasteiger partial charge in [-0.1, -0.05) is 29.0 Å². The molecule has 2 aromatic carbocycles. The van der Waals surface area contributed by atoms with Crippen LogP contribution in [0.3, 0.4) is 0 Å². The lowest BCUT2D eigenvalue weighted by atomic mass is 9.97. The van der Waals surface area contributed by atoms with Gasteiger partial charge in [-0.25, -0.2) is 13.4 Å². The number of aromatic nitrogens is 1. The first kappa shape index (κ1) is 22.0. The number of thiazole rings is 1. The Morgan fingerprint density at radius 2 is 1.94 bits per heavy atom. The van der Waals surface area contributed by atoms with Gasteiger partial charge in [0, 0.05) is 24.0 Å². The quantitative estimate of drug-likeness (QED) is 0.566. The highest BCUT2D eigenvalue weighted by atomic mass is 35.5. The van der Waals surface area contributed by atoms with E-state index in [0.29, 0.717) is 35.4 Å². The van der Waals surface area contributed by atoms with Gasteiger partial charge in [0.1, 0.15) is 11.3 Å². The number of carbonyl (C=O) groups is 1. The Bertz CT molecular complexity index is 1190. The van der Waals surface area contributed by atoms with Gasteiger partial charge in [-0.15, -0.1) is 0 Å². The molecule has 0 spiro atoms. The van der Waals surface area contributed by atoms with Crippen molar-refractivity contribution in [1.82, 2.24) is 9.29 Å². The number of anilines is 1. The Morgan fingerprint density at radius 3 is 2.61 bits per heavy atom. The minimum atomic E-state index is -3.60. The molecule has 0 saturated carbocycles. The average molecular weight is 480 g/mol. The van der Waals surface area contributed by atoms with E-state index >= 15 is 0 Å². The highest BCUT2D eigenvalue weighted by molar-refractivity contribution is 7.89. The Labute approximate surface area is 190 Å². The molecular weight excluding hydrogens is 458 g/mol. The van der Waals surface area contributed by atoms with Gasteiger partial charge in [0.2, 0.25) is 15.9 Å². The van der Waals surface area contributed by atoms with Crippen LogP contribution in [0.4, 0.5) is 5.13 Å². The van der Waals surface area contributed by atoms with Crippen LogP contribution in [0.1, 0.15) is 19.8 Å². The first-order chi connectivity index (χ1) is 14.9. The topological polar surface area (TPSA) is 88.6 Å². The fourth-order valence-electron chi connectivity index (χ4n) is 3.57. The van der Waals surface area contributed by atoms with Crippen molar-refractivity contribution in [2.45, 2.75) is 24.7 Å². The fourth-order valence-corrected chi connectivity index (χ4v) is 6.05. The van der Waals surface area contributed by atoms with Crippen LogP contribution in [0.5, 0.6) is 5.75 Å². The zero-order chi connectivity index (χ0) is 22.0. The lowest BCUT2D eigenvalue weighted by molar-refractivity contribution is -0.120. The van der Waals surface area contributed by atoms with Crippen LogP contribution in [-0.2, 0) is 14.8 Å². The van der Waals surface area contributed by atoms with E-state index in [1.54, 1.807) is 12.1 Å². The van der Waals surface area contributed by atoms with E-state index in [4.69, 9.17) is 16.3 Å². The molecule has 31 heavy (non-hydrogen) atoms. The largest absolute Gasteiger partial charge is 0.492 e. The molecule has 7 nitrogen and oxygen atoms in total. The summed E-state index contributed by atoms with van der Waals surface area (Å²) in [5.41, 5.74) is 0.730. The van der Waals surface area contributed by atoms with Crippen LogP contribution < -0.4 is 10.1 Å². The number of hydrogen-bond acceptors (Lipinski definition) is 6. The van der Waals surface area contributed by atoms with Gasteiger partial charge in [-0.2, -0.15) is 4.31 Å². The average Bonchev–Trinajstić information content (AvgIpc) is 3.18. The third kappa shape index (κ3) is 4.69. The smallest absolute Gasteiger partial charge is 0.243 e. The standard InChI is InChI=1S/C21H22ClN3O4S2/c1-2-29-17-4-3-5-18-19(17)23-21(30-18)24-20(26)14-10-12-25(13-11-14)31(27,28)16-8-6-15(22)7-9-16/h3-9,14H,2,10-13H2,1H3,(H,23,24,26). The van der Waals surface area contributed by atoms with Crippen molar-refractivity contribution in [2.24, 2.45) is 5.92 Å². The number of rotatable bonds is 6. The summed E-state index contributed by atoms with van der Waals surface area (Å²) >= 11 is 7.25. The number of nitrogens with one attached hydrogen (secondary N) is 1. The minimum absolute atomic E-state index is 0.138. The highest BCUT2D eigenvalue weighted by Gasteiger charge is 2.32. The van der Waals surface area contributed by atoms with Crippen molar-refractivity contribution in [3.8, 4) is 5.75 Å². The number of hydrogen-bond donors (Lipinski definition) is 1. The number of benzene rings is 2. The van der Waals surface area contributed by atoms with E-state index in [-0.39, 0.29) is 29.8 Å². The molecule has 4 rings (SSSR count). The molecular formula is C21H22ClN3O4S2. The second-order valence-corrected chi connectivity index (χ2v) is 10.6. The number of fused-ring (bicyclic) bond motifs is 1. The van der Waals surface area contributed by atoms with E-state index < -0.39 is 10.0 Å². The van der Waals surface area contributed by atoms with Gasteiger partial charge in [-0.3, -0.25) is 4.79 Å². The summed E-state index contributed by atoms with van der Waals surface area (Å²) in [5, 5.41) is 3.89. The number of para-hydroxylation sites is 1. The SMILES string of the molecule is CCOc1cccc2sc(NC(=O)C3CCN(S(=O)(=O)c4ccc(Cl)cc4)CC3)nc12. The lowest BCUT2D eigenvalue weighted by Gasteiger charge is -2.30. The second-order valence-electron chi connectivity index (χ2n) is 7.18. The Hall–Kier alpha value is -2.20. The number of carbonyl (C=O) groups excluding carboxylic acids is 1. The molecule has 0 radical (unpaired) electrons. The Kier molecular flexibility index (Phi) is 6.47. The van der Waals surface area contributed by atoms with Gasteiger partial charge < -0.3 is 10.1 Å². The zero-order valence-corrected chi connectivity index (χ0v) is 19.3. The summed E-state index contributed by atoms with van der Waals surface area (Å²) < 4.78 is 33.6. The minimum Gasteiger partial charge on any atom is -0.492 e. The van der Waals surface area contributed by atoms with Crippen molar-refractivity contribution < 1.29 is 17.9 Å². The van der Waals surface area contributed by atoms with Gasteiger partial charge in [0.15, 0.2) is 5.13 Å². The van der Waals surface area contributed by atoms with Crippen LogP contribution >= 0.6 is 22.9 Å². The number of halogens is 1. The second kappa shape index (κ2) is 9.12. The summed E-state index contributed by atoms with van der Waals surface area (Å²) in [6.45, 7) is 3.03. The summed E-state index contributed by atoms with van der Waals surface area (Å²) in [5.74, 6) is 0.285. The normalized spacial score (nSPS) is 15.8. The molecule has 2 heterocycles. The molecule has 1 amide bonds. The van der Waals surface area contributed by atoms with E-state index in [9.17, 15) is 13.2 Å². The molecule has 1 aliphatic rings. The summed E-state index contributed by atoms with van der Waals surface area (Å²) in [7, 11) is -3.60. The Balaban J connectivity index is 1.40. The molecule has 0 atom stereocenters. The van der Waals surface area contributed by atoms with Crippen molar-refractivity contribution in [3.63, 3.8) is 0 Å². The molecule has 0 unspecified atom stereocenters. The van der Waals surface area contributed by atoms with Crippen molar-refractivity contribution in [3.05, 3.63) is 47.5 Å². The maximum atomic E-state index is 12.8. The van der Waals surface area contributed by atoms with E-state index in [1.807, 2.05) is 25.1 Å². The number of piperidine rings is 1. The molecule has 10 heteroatoms. The monoisotopic (exact) mass is 479 g/mol. The van der Waals surface area contributed by atoms with E-state index in [0.717, 1.165) is 10.2 Å². The maximum absolute atomic E-state index is 12.8. The number of nitrogens with zero attached hydrogens (tertiary/aromatic N) is 2. The molecule has 1 saturated heterocycles. The lowest BCUT2D eigenvalue weighted by Crippen LogP contribution is -2.41.